The van der Waals surface area contributed by atoms with Crippen LogP contribution < -0.4 is 0 Å². The van der Waals surface area contributed by atoms with Crippen molar-refractivity contribution in [3.05, 3.63) is 72.9 Å². The lowest BCUT2D eigenvalue weighted by Gasteiger charge is -1.97. The molecule has 5 aromatic rings. The second-order valence-electron chi connectivity index (χ2n) is 5.80. The molecule has 2 aromatic heterocycles. The number of nitrogens with zero attached hydrogens (tertiary/aromatic N) is 4. The Balaban J connectivity index is 0.000000112. The molecule has 3 heterocycles. The number of fused-ring (bicyclic) bond motifs is 3. The number of aromatic nitrogens is 4. The van der Waals surface area contributed by atoms with E-state index in [2.05, 4.69) is 55.3 Å². The van der Waals surface area contributed by atoms with E-state index in [1.807, 2.05) is 24.4 Å². The molecule has 1 aliphatic rings. The van der Waals surface area contributed by atoms with Crippen molar-refractivity contribution in [3.63, 3.8) is 0 Å². The molecule has 6 rings (SSSR count). The Bertz CT molecular complexity index is 1210. The minimum absolute atomic E-state index is 0.926. The first-order chi connectivity index (χ1) is 12.4. The van der Waals surface area contributed by atoms with Crippen LogP contribution in [-0.4, -0.2) is 26.2 Å². The Hall–Kier alpha value is -3.60. The smallest absolute Gasteiger partial charge is 0.116 e. The van der Waals surface area contributed by atoms with Crippen LogP contribution in [0.15, 0.2) is 72.4 Å². The zero-order valence-corrected chi connectivity index (χ0v) is 13.2. The van der Waals surface area contributed by atoms with Crippen LogP contribution in [0.5, 0.6) is 0 Å². The molecule has 5 heteroatoms. The van der Waals surface area contributed by atoms with Gasteiger partial charge < -0.3 is 4.98 Å². The van der Waals surface area contributed by atoms with Gasteiger partial charge in [0.05, 0.1) is 28.6 Å². The van der Waals surface area contributed by atoms with Crippen molar-refractivity contribution in [1.82, 2.24) is 19.9 Å². The number of imidazole rings is 1. The van der Waals surface area contributed by atoms with E-state index < -0.39 is 0 Å². The van der Waals surface area contributed by atoms with Crippen molar-refractivity contribution in [2.24, 2.45) is 4.99 Å². The van der Waals surface area contributed by atoms with Gasteiger partial charge in [-0.15, -0.1) is 0 Å². The fraction of sp³-hybridized carbons (Fsp3) is 0. The van der Waals surface area contributed by atoms with Crippen LogP contribution >= 0.6 is 0 Å². The van der Waals surface area contributed by atoms with Crippen molar-refractivity contribution in [1.29, 1.82) is 0 Å². The summed E-state index contributed by atoms with van der Waals surface area (Å²) in [6, 6.07) is 16.4. The fourth-order valence-electron chi connectivity index (χ4n) is 3.17. The molecule has 25 heavy (non-hydrogen) atoms. The van der Waals surface area contributed by atoms with E-state index in [4.69, 9.17) is 0 Å². The molecule has 0 atom stereocenters. The molecule has 0 spiro atoms. The van der Waals surface area contributed by atoms with Gasteiger partial charge in [0.15, 0.2) is 0 Å². The summed E-state index contributed by atoms with van der Waals surface area (Å²) >= 11 is 0. The summed E-state index contributed by atoms with van der Waals surface area (Å²) in [5.41, 5.74) is 5.21. The van der Waals surface area contributed by atoms with Crippen LogP contribution in [0.25, 0.3) is 32.7 Å². The average Bonchev–Trinajstić information content (AvgIpc) is 3.31. The SMILES string of the molecule is C1=Nc2cccc3cccc1c23.c1ncc2c(ccc3[nH]cnc32)n1. The Morgan fingerprint density at radius 1 is 0.880 bits per heavy atom. The molecular weight excluding hydrogens is 310 g/mol. The molecule has 0 saturated heterocycles. The number of nitrogens with one attached hydrogen (secondary N) is 1. The van der Waals surface area contributed by atoms with E-state index >= 15 is 0 Å². The van der Waals surface area contributed by atoms with E-state index in [-0.39, 0.29) is 0 Å². The molecular formula is C20H13N5. The van der Waals surface area contributed by atoms with Crippen LogP contribution in [0.4, 0.5) is 5.69 Å². The first-order valence-corrected chi connectivity index (χ1v) is 7.98. The van der Waals surface area contributed by atoms with Crippen molar-refractivity contribution < 1.29 is 0 Å². The van der Waals surface area contributed by atoms with E-state index in [1.54, 1.807) is 18.9 Å². The average molecular weight is 323 g/mol. The number of hydrogen-bond donors (Lipinski definition) is 1. The molecule has 0 unspecified atom stereocenters. The van der Waals surface area contributed by atoms with Gasteiger partial charge >= 0.3 is 0 Å². The quantitative estimate of drug-likeness (QED) is 0.450. The molecule has 0 fully saturated rings. The monoisotopic (exact) mass is 323 g/mol. The lowest BCUT2D eigenvalue weighted by atomic mass is 10.1. The summed E-state index contributed by atoms with van der Waals surface area (Å²) in [5.74, 6) is 0. The Morgan fingerprint density at radius 2 is 1.80 bits per heavy atom. The molecule has 0 saturated carbocycles. The number of hydrogen-bond acceptors (Lipinski definition) is 4. The second kappa shape index (κ2) is 5.49. The topological polar surface area (TPSA) is 66.8 Å². The van der Waals surface area contributed by atoms with Crippen molar-refractivity contribution >= 4 is 44.6 Å². The maximum atomic E-state index is 4.32. The summed E-state index contributed by atoms with van der Waals surface area (Å²) in [4.78, 5) is 19.7. The van der Waals surface area contributed by atoms with Crippen LogP contribution in [0.1, 0.15) is 5.56 Å². The number of H-pyrrole nitrogens is 1. The Labute approximate surface area is 143 Å². The van der Waals surface area contributed by atoms with Gasteiger partial charge in [0.25, 0.3) is 0 Å². The summed E-state index contributed by atoms with van der Waals surface area (Å²) in [5, 5.41) is 3.56. The highest BCUT2D eigenvalue weighted by atomic mass is 14.9. The molecule has 0 amide bonds. The second-order valence-corrected chi connectivity index (χ2v) is 5.80. The molecule has 1 aliphatic heterocycles. The van der Waals surface area contributed by atoms with E-state index in [0.29, 0.717) is 0 Å². The number of aromatic amines is 1. The molecule has 3 aromatic carbocycles. The third kappa shape index (κ3) is 2.25. The summed E-state index contributed by atoms with van der Waals surface area (Å²) in [6.07, 6.45) is 6.93. The lowest BCUT2D eigenvalue weighted by molar-refractivity contribution is 1.22. The largest absolute Gasteiger partial charge is 0.345 e. The van der Waals surface area contributed by atoms with Gasteiger partial charge in [-0.2, -0.15) is 0 Å². The first-order valence-electron chi connectivity index (χ1n) is 7.98. The molecule has 1 N–H and O–H groups in total. The van der Waals surface area contributed by atoms with Crippen molar-refractivity contribution in [3.8, 4) is 0 Å². The zero-order valence-electron chi connectivity index (χ0n) is 13.2. The van der Waals surface area contributed by atoms with Crippen LogP contribution in [0.2, 0.25) is 0 Å². The minimum Gasteiger partial charge on any atom is -0.345 e. The highest BCUT2D eigenvalue weighted by Crippen LogP contribution is 2.32. The molecule has 0 radical (unpaired) electrons. The van der Waals surface area contributed by atoms with Gasteiger partial charge in [-0.1, -0.05) is 30.3 Å². The fourth-order valence-corrected chi connectivity index (χ4v) is 3.17. The van der Waals surface area contributed by atoms with Crippen molar-refractivity contribution in [2.75, 3.05) is 0 Å². The number of aliphatic imine (C=N–C) groups is 1. The summed E-state index contributed by atoms with van der Waals surface area (Å²) in [6.45, 7) is 0. The predicted octanol–water partition coefficient (Wildman–Crippen LogP) is 4.41. The van der Waals surface area contributed by atoms with Crippen molar-refractivity contribution in [2.45, 2.75) is 0 Å². The van der Waals surface area contributed by atoms with Gasteiger partial charge in [-0.25, -0.2) is 15.0 Å². The third-order valence-electron chi connectivity index (χ3n) is 4.33. The molecule has 0 aliphatic carbocycles. The summed E-state index contributed by atoms with van der Waals surface area (Å²) in [7, 11) is 0. The van der Waals surface area contributed by atoms with E-state index in [1.165, 1.54) is 16.3 Å². The number of rotatable bonds is 0. The molecule has 5 nitrogen and oxygen atoms in total. The van der Waals surface area contributed by atoms with Crippen LogP contribution in [-0.2, 0) is 0 Å². The molecule has 0 bridgehead atoms. The van der Waals surface area contributed by atoms with Gasteiger partial charge in [0, 0.05) is 28.7 Å². The van der Waals surface area contributed by atoms with Gasteiger partial charge in [-0.3, -0.25) is 4.99 Å². The van der Waals surface area contributed by atoms with Gasteiger partial charge in [0.2, 0.25) is 0 Å². The Morgan fingerprint density at radius 3 is 2.76 bits per heavy atom. The van der Waals surface area contributed by atoms with E-state index in [9.17, 15) is 0 Å². The lowest BCUT2D eigenvalue weighted by Crippen LogP contribution is -1.81. The van der Waals surface area contributed by atoms with Gasteiger partial charge in [-0.05, 0) is 23.6 Å². The summed E-state index contributed by atoms with van der Waals surface area (Å²) < 4.78 is 0. The minimum atomic E-state index is 0.926. The van der Waals surface area contributed by atoms with Crippen LogP contribution in [0.3, 0.4) is 0 Å². The van der Waals surface area contributed by atoms with Crippen LogP contribution in [0, 0.1) is 0 Å². The highest BCUT2D eigenvalue weighted by Gasteiger charge is 2.07. The predicted molar refractivity (Wildman–Crippen MR) is 100 cm³/mol. The van der Waals surface area contributed by atoms with E-state index in [0.717, 1.165) is 27.6 Å². The first kappa shape index (κ1) is 13.8. The number of benzene rings is 3. The van der Waals surface area contributed by atoms with Gasteiger partial charge in [0.1, 0.15) is 6.33 Å². The highest BCUT2D eigenvalue weighted by molar-refractivity contribution is 6.10. The molecule has 118 valence electrons. The standard InChI is InChI=1S/C11H7N.C9H6N4/c1-3-8-4-2-6-10-11(8)9(5-1)7-12-10;1-2-8-9(13-5-12-8)6-3-10-4-11-7(1)6/h1-7H;1-5H,(H,12,13). The zero-order chi connectivity index (χ0) is 16.6. The Kier molecular flexibility index (Phi) is 3.03. The maximum Gasteiger partial charge on any atom is 0.116 e. The normalized spacial score (nSPS) is 11.8. The maximum absolute atomic E-state index is 4.32. The third-order valence-corrected chi connectivity index (χ3v) is 4.33.